The van der Waals surface area contributed by atoms with Gasteiger partial charge in [-0.1, -0.05) is 19.8 Å². The highest BCUT2D eigenvalue weighted by atomic mass is 16.5. The van der Waals surface area contributed by atoms with Gasteiger partial charge < -0.3 is 9.84 Å². The van der Waals surface area contributed by atoms with Crippen LogP contribution in [0.2, 0.25) is 0 Å². The molecule has 0 radical (unpaired) electrons. The number of nitrogens with one attached hydrogen (secondary N) is 1. The first-order chi connectivity index (χ1) is 10.6. The second-order valence-electron chi connectivity index (χ2n) is 6.49. The Morgan fingerprint density at radius 1 is 1.50 bits per heavy atom. The lowest BCUT2D eigenvalue weighted by Gasteiger charge is -2.15. The lowest BCUT2D eigenvalue weighted by molar-refractivity contribution is -0.123. The number of benzene rings is 1. The molecule has 2 fully saturated rings. The van der Waals surface area contributed by atoms with Gasteiger partial charge in [0, 0.05) is 11.5 Å². The van der Waals surface area contributed by atoms with Gasteiger partial charge in [0.1, 0.15) is 11.5 Å². The average Bonchev–Trinajstić information content (AvgIpc) is 3.14. The number of hydrogen-bond acceptors (Lipinski definition) is 4. The van der Waals surface area contributed by atoms with Crippen molar-refractivity contribution in [3.8, 4) is 11.5 Å². The second kappa shape index (κ2) is 5.63. The Morgan fingerprint density at radius 3 is 3.00 bits per heavy atom. The number of hydrazone groups is 1. The van der Waals surface area contributed by atoms with Crippen molar-refractivity contribution in [3.05, 3.63) is 23.8 Å². The normalized spacial score (nSPS) is 29.9. The number of carbonyl (C=O) groups excluding carboxylic acids is 1. The molecule has 1 aromatic rings. The number of phenols is 1. The minimum absolute atomic E-state index is 0.00645. The van der Waals surface area contributed by atoms with E-state index < -0.39 is 0 Å². The van der Waals surface area contributed by atoms with E-state index in [-0.39, 0.29) is 23.0 Å². The van der Waals surface area contributed by atoms with E-state index in [1.165, 1.54) is 19.1 Å². The predicted octanol–water partition coefficient (Wildman–Crippen LogP) is 2.68. The molecule has 0 spiro atoms. The van der Waals surface area contributed by atoms with Crippen LogP contribution in [-0.4, -0.2) is 24.3 Å². The highest BCUT2D eigenvalue weighted by Gasteiger charge is 2.64. The maximum atomic E-state index is 12.3. The van der Waals surface area contributed by atoms with Crippen molar-refractivity contribution in [1.82, 2.24) is 5.43 Å². The zero-order valence-corrected chi connectivity index (χ0v) is 13.0. The minimum atomic E-state index is -0.00645. The van der Waals surface area contributed by atoms with Crippen molar-refractivity contribution in [1.29, 1.82) is 0 Å². The second-order valence-corrected chi connectivity index (χ2v) is 6.49. The molecule has 0 aliphatic heterocycles. The quantitative estimate of drug-likeness (QED) is 0.663. The zero-order chi connectivity index (χ0) is 15.7. The molecule has 0 bridgehead atoms. The van der Waals surface area contributed by atoms with Gasteiger partial charge >= 0.3 is 0 Å². The van der Waals surface area contributed by atoms with Crippen molar-refractivity contribution < 1.29 is 14.6 Å². The summed E-state index contributed by atoms with van der Waals surface area (Å²) in [7, 11) is 1.56. The van der Waals surface area contributed by atoms with E-state index in [1.54, 1.807) is 25.3 Å². The molecular weight excluding hydrogens is 280 g/mol. The molecule has 118 valence electrons. The van der Waals surface area contributed by atoms with Crippen molar-refractivity contribution in [2.75, 3.05) is 7.11 Å². The molecule has 0 saturated heterocycles. The minimum Gasteiger partial charge on any atom is -0.507 e. The Morgan fingerprint density at radius 2 is 2.32 bits per heavy atom. The molecular formula is C17H22N2O3. The fraction of sp³-hybridized carbons (Fsp3) is 0.529. The summed E-state index contributed by atoms with van der Waals surface area (Å²) in [5.74, 6) is 1.33. The van der Waals surface area contributed by atoms with E-state index in [1.807, 2.05) is 0 Å². The summed E-state index contributed by atoms with van der Waals surface area (Å²) in [6.07, 6.45) is 6.18. The van der Waals surface area contributed by atoms with E-state index in [0.717, 1.165) is 12.8 Å². The topological polar surface area (TPSA) is 70.9 Å². The lowest BCUT2D eigenvalue weighted by Crippen LogP contribution is -2.22. The molecule has 2 saturated carbocycles. The smallest absolute Gasteiger partial charge is 0.244 e. The van der Waals surface area contributed by atoms with Crippen LogP contribution in [0.4, 0.5) is 0 Å². The first kappa shape index (κ1) is 14.9. The fourth-order valence-electron chi connectivity index (χ4n) is 3.85. The number of nitrogens with zero attached hydrogens (tertiary/aromatic N) is 1. The molecule has 3 rings (SSSR count). The number of methoxy groups -OCH3 is 1. The molecule has 3 atom stereocenters. The van der Waals surface area contributed by atoms with Crippen LogP contribution in [0.3, 0.4) is 0 Å². The zero-order valence-electron chi connectivity index (χ0n) is 13.0. The number of rotatable bonds is 4. The third kappa shape index (κ3) is 2.56. The van der Waals surface area contributed by atoms with E-state index in [9.17, 15) is 9.90 Å². The van der Waals surface area contributed by atoms with Gasteiger partial charge in [-0.05, 0) is 42.4 Å². The summed E-state index contributed by atoms with van der Waals surface area (Å²) in [5.41, 5.74) is 3.31. The highest BCUT2D eigenvalue weighted by molar-refractivity contribution is 5.87. The van der Waals surface area contributed by atoms with Gasteiger partial charge in [-0.3, -0.25) is 4.79 Å². The van der Waals surface area contributed by atoms with Crippen LogP contribution in [0.1, 0.15) is 38.2 Å². The van der Waals surface area contributed by atoms with Gasteiger partial charge in [-0.25, -0.2) is 5.43 Å². The predicted molar refractivity (Wildman–Crippen MR) is 84.0 cm³/mol. The summed E-state index contributed by atoms with van der Waals surface area (Å²) in [5, 5.41) is 13.8. The Labute approximate surface area is 130 Å². The molecule has 2 aliphatic carbocycles. The van der Waals surface area contributed by atoms with Crippen molar-refractivity contribution >= 4 is 12.1 Å². The van der Waals surface area contributed by atoms with E-state index >= 15 is 0 Å². The van der Waals surface area contributed by atoms with Crippen LogP contribution < -0.4 is 10.2 Å². The lowest BCUT2D eigenvalue weighted by atomic mass is 9.90. The number of amides is 1. The van der Waals surface area contributed by atoms with Gasteiger partial charge in [-0.15, -0.1) is 0 Å². The number of hydrogen-bond donors (Lipinski definition) is 2. The van der Waals surface area contributed by atoms with Gasteiger partial charge in [0.25, 0.3) is 0 Å². The molecule has 3 unspecified atom stereocenters. The van der Waals surface area contributed by atoms with Crippen LogP contribution >= 0.6 is 0 Å². The molecule has 2 aliphatic rings. The third-order valence-electron chi connectivity index (χ3n) is 5.23. The Hall–Kier alpha value is -2.04. The number of aromatic hydroxyl groups is 1. The molecule has 22 heavy (non-hydrogen) atoms. The van der Waals surface area contributed by atoms with E-state index in [2.05, 4.69) is 17.5 Å². The molecule has 0 aromatic heterocycles. The van der Waals surface area contributed by atoms with E-state index in [0.29, 0.717) is 17.2 Å². The summed E-state index contributed by atoms with van der Waals surface area (Å²) in [6, 6.07) is 4.88. The summed E-state index contributed by atoms with van der Waals surface area (Å²) in [6.45, 7) is 2.21. The Balaban J connectivity index is 1.62. The fourth-order valence-corrected chi connectivity index (χ4v) is 3.85. The van der Waals surface area contributed by atoms with Crippen LogP contribution in [0.25, 0.3) is 0 Å². The van der Waals surface area contributed by atoms with Gasteiger partial charge in [0.2, 0.25) is 5.91 Å². The SMILES string of the molecule is COc1ccc(O)c(/C=N/NC(=O)C2C3CCCCC32C)c1. The highest BCUT2D eigenvalue weighted by Crippen LogP contribution is 2.66. The monoisotopic (exact) mass is 302 g/mol. The first-order valence-electron chi connectivity index (χ1n) is 7.76. The van der Waals surface area contributed by atoms with Gasteiger partial charge in [0.05, 0.1) is 13.3 Å². The summed E-state index contributed by atoms with van der Waals surface area (Å²) >= 11 is 0. The first-order valence-corrected chi connectivity index (χ1v) is 7.76. The molecule has 2 N–H and O–H groups in total. The van der Waals surface area contributed by atoms with Crippen LogP contribution in [-0.2, 0) is 4.79 Å². The van der Waals surface area contributed by atoms with Crippen molar-refractivity contribution in [2.45, 2.75) is 32.6 Å². The summed E-state index contributed by atoms with van der Waals surface area (Å²) < 4.78 is 5.10. The maximum absolute atomic E-state index is 12.3. The van der Waals surface area contributed by atoms with Crippen molar-refractivity contribution in [2.24, 2.45) is 22.4 Å². The Bertz CT molecular complexity index is 614. The number of fused-ring (bicyclic) bond motifs is 1. The largest absolute Gasteiger partial charge is 0.507 e. The summed E-state index contributed by atoms with van der Waals surface area (Å²) in [4.78, 5) is 12.3. The van der Waals surface area contributed by atoms with Crippen LogP contribution in [0, 0.1) is 17.3 Å². The van der Waals surface area contributed by atoms with Gasteiger partial charge in [0.15, 0.2) is 0 Å². The van der Waals surface area contributed by atoms with Crippen LogP contribution in [0.15, 0.2) is 23.3 Å². The molecule has 0 heterocycles. The molecule has 5 nitrogen and oxygen atoms in total. The average molecular weight is 302 g/mol. The standard InChI is InChI=1S/C17H22N2O3/c1-17-8-4-3-5-13(17)15(17)16(21)19-18-10-11-9-12(22-2)6-7-14(11)20/h6-7,9-10,13,15,20H,3-5,8H2,1-2H3,(H,19,21)/b18-10+. The van der Waals surface area contributed by atoms with Gasteiger partial charge in [-0.2, -0.15) is 5.10 Å². The maximum Gasteiger partial charge on any atom is 0.244 e. The van der Waals surface area contributed by atoms with Crippen LogP contribution in [0.5, 0.6) is 11.5 Å². The number of carbonyl (C=O) groups is 1. The Kier molecular flexibility index (Phi) is 3.81. The van der Waals surface area contributed by atoms with Crippen molar-refractivity contribution in [3.63, 3.8) is 0 Å². The number of ether oxygens (including phenoxy) is 1. The third-order valence-corrected chi connectivity index (χ3v) is 5.23. The molecule has 1 amide bonds. The van der Waals surface area contributed by atoms with E-state index in [4.69, 9.17) is 4.74 Å². The molecule has 5 heteroatoms. The number of phenolic OH excluding ortho intramolecular Hbond substituents is 1. The molecule has 1 aromatic carbocycles.